The van der Waals surface area contributed by atoms with E-state index in [1.54, 1.807) is 0 Å². The molecule has 1 unspecified atom stereocenters. The summed E-state index contributed by atoms with van der Waals surface area (Å²) in [6, 6.07) is 10.0. The van der Waals surface area contributed by atoms with E-state index >= 15 is 0 Å². The maximum absolute atomic E-state index is 10.3. The Bertz CT molecular complexity index is 546. The predicted octanol–water partition coefficient (Wildman–Crippen LogP) is 2.76. The van der Waals surface area contributed by atoms with E-state index in [9.17, 15) is 5.11 Å². The van der Waals surface area contributed by atoms with E-state index < -0.39 is 5.60 Å². The molecule has 2 rings (SSSR count). The Balaban J connectivity index is 1.86. The molecule has 2 N–H and O–H groups in total. The van der Waals surface area contributed by atoms with Crippen molar-refractivity contribution in [1.29, 1.82) is 0 Å². The zero-order chi connectivity index (χ0) is 15.3. The molecule has 2 aromatic rings. The molecule has 0 bridgehead atoms. The van der Waals surface area contributed by atoms with Gasteiger partial charge in [0.05, 0.1) is 17.5 Å². The third-order valence-corrected chi connectivity index (χ3v) is 3.34. The lowest BCUT2D eigenvalue weighted by molar-refractivity contribution is 0.0383. The summed E-state index contributed by atoms with van der Waals surface area (Å²) in [5.41, 5.74) is 1.50. The Morgan fingerprint density at radius 1 is 1.29 bits per heavy atom. The van der Waals surface area contributed by atoms with Crippen molar-refractivity contribution in [3.8, 4) is 5.69 Å². The van der Waals surface area contributed by atoms with Gasteiger partial charge in [0.2, 0.25) is 0 Å². The number of nitrogens with zero attached hydrogens (tertiary/aromatic N) is 2. The molecule has 1 aromatic heterocycles. The summed E-state index contributed by atoms with van der Waals surface area (Å²) < 4.78 is 1.86. The summed E-state index contributed by atoms with van der Waals surface area (Å²) in [6.07, 6.45) is 4.67. The van der Waals surface area contributed by atoms with Gasteiger partial charge in [-0.15, -0.1) is 0 Å². The van der Waals surface area contributed by atoms with Gasteiger partial charge in [-0.25, -0.2) is 4.68 Å². The lowest BCUT2D eigenvalue weighted by Crippen LogP contribution is -2.38. The van der Waals surface area contributed by atoms with Crippen molar-refractivity contribution in [3.63, 3.8) is 0 Å². The van der Waals surface area contributed by atoms with Gasteiger partial charge in [-0.05, 0) is 31.4 Å². The Hall–Kier alpha value is -1.65. The van der Waals surface area contributed by atoms with Crippen LogP contribution in [-0.2, 0) is 6.54 Å². The van der Waals surface area contributed by atoms with E-state index in [0.29, 0.717) is 19.0 Å². The van der Waals surface area contributed by atoms with Crippen LogP contribution in [0.4, 0.5) is 0 Å². The molecule has 0 saturated heterocycles. The first-order valence-electron chi connectivity index (χ1n) is 7.48. The van der Waals surface area contributed by atoms with Gasteiger partial charge >= 0.3 is 0 Å². The normalized spacial score (nSPS) is 14.3. The molecule has 4 nitrogen and oxygen atoms in total. The average molecular weight is 287 g/mol. The summed E-state index contributed by atoms with van der Waals surface area (Å²) >= 11 is 0. The fraction of sp³-hybridized carbons (Fsp3) is 0.471. The van der Waals surface area contributed by atoms with Crippen LogP contribution in [0.25, 0.3) is 5.69 Å². The molecular formula is C17H25N3O. The zero-order valence-electron chi connectivity index (χ0n) is 13.1. The first-order chi connectivity index (χ1) is 9.96. The van der Waals surface area contributed by atoms with E-state index in [0.717, 1.165) is 17.7 Å². The smallest absolute Gasteiger partial charge is 0.0746 e. The first kappa shape index (κ1) is 15.7. The van der Waals surface area contributed by atoms with Gasteiger partial charge in [-0.1, -0.05) is 32.0 Å². The van der Waals surface area contributed by atoms with E-state index in [1.807, 2.05) is 54.3 Å². The van der Waals surface area contributed by atoms with Crippen LogP contribution in [0.3, 0.4) is 0 Å². The van der Waals surface area contributed by atoms with E-state index in [2.05, 4.69) is 24.3 Å². The van der Waals surface area contributed by atoms with Gasteiger partial charge in [0.25, 0.3) is 0 Å². The van der Waals surface area contributed by atoms with Crippen molar-refractivity contribution in [3.05, 3.63) is 48.3 Å². The molecule has 21 heavy (non-hydrogen) atoms. The highest BCUT2D eigenvalue weighted by molar-refractivity contribution is 5.30. The van der Waals surface area contributed by atoms with Gasteiger partial charge in [-0.2, -0.15) is 5.10 Å². The zero-order valence-corrected chi connectivity index (χ0v) is 13.1. The molecule has 114 valence electrons. The summed E-state index contributed by atoms with van der Waals surface area (Å²) in [7, 11) is 0. The van der Waals surface area contributed by atoms with Crippen LogP contribution in [0.15, 0.2) is 42.7 Å². The Morgan fingerprint density at radius 2 is 2.00 bits per heavy atom. The number of nitrogens with one attached hydrogen (secondary N) is 1. The van der Waals surface area contributed by atoms with Crippen molar-refractivity contribution >= 4 is 0 Å². The lowest BCUT2D eigenvalue weighted by atomic mass is 9.94. The highest BCUT2D eigenvalue weighted by atomic mass is 16.3. The van der Waals surface area contributed by atoms with Gasteiger partial charge in [-0.3, -0.25) is 0 Å². The van der Waals surface area contributed by atoms with Crippen LogP contribution in [-0.4, -0.2) is 27.0 Å². The van der Waals surface area contributed by atoms with Gasteiger partial charge in [0.1, 0.15) is 0 Å². The van der Waals surface area contributed by atoms with Crippen molar-refractivity contribution in [2.24, 2.45) is 5.92 Å². The van der Waals surface area contributed by atoms with Crippen molar-refractivity contribution in [2.45, 2.75) is 39.3 Å². The highest BCUT2D eigenvalue weighted by Gasteiger charge is 2.21. The fourth-order valence-electron chi connectivity index (χ4n) is 2.60. The minimum atomic E-state index is -0.663. The molecule has 0 aliphatic carbocycles. The van der Waals surface area contributed by atoms with Crippen molar-refractivity contribution < 1.29 is 5.11 Å². The summed E-state index contributed by atoms with van der Waals surface area (Å²) in [4.78, 5) is 0. The Labute approximate surface area is 126 Å². The number of aliphatic hydroxyl groups is 1. The van der Waals surface area contributed by atoms with Crippen LogP contribution < -0.4 is 5.32 Å². The third-order valence-electron chi connectivity index (χ3n) is 3.34. The van der Waals surface area contributed by atoms with Crippen molar-refractivity contribution in [2.75, 3.05) is 6.54 Å². The monoisotopic (exact) mass is 287 g/mol. The Kier molecular flexibility index (Phi) is 5.15. The molecule has 1 atom stereocenters. The minimum absolute atomic E-state index is 0.489. The van der Waals surface area contributed by atoms with E-state index in [4.69, 9.17) is 0 Å². The van der Waals surface area contributed by atoms with Crippen LogP contribution >= 0.6 is 0 Å². The molecule has 0 aliphatic heterocycles. The minimum Gasteiger partial charge on any atom is -0.389 e. The molecule has 4 heteroatoms. The van der Waals surface area contributed by atoms with Gasteiger partial charge in [0.15, 0.2) is 0 Å². The number of hydrogen-bond donors (Lipinski definition) is 2. The topological polar surface area (TPSA) is 50.1 Å². The molecule has 0 amide bonds. The summed E-state index contributed by atoms with van der Waals surface area (Å²) in [5.74, 6) is 0.489. The lowest BCUT2D eigenvalue weighted by Gasteiger charge is -2.25. The van der Waals surface area contributed by atoms with Gasteiger partial charge < -0.3 is 10.4 Å². The van der Waals surface area contributed by atoms with Crippen LogP contribution in [0.2, 0.25) is 0 Å². The molecule has 0 fully saturated rings. The number of benzene rings is 1. The summed E-state index contributed by atoms with van der Waals surface area (Å²) in [5, 5.41) is 17.9. The van der Waals surface area contributed by atoms with Crippen molar-refractivity contribution in [1.82, 2.24) is 15.1 Å². The highest BCUT2D eigenvalue weighted by Crippen LogP contribution is 2.15. The van der Waals surface area contributed by atoms with E-state index in [-0.39, 0.29) is 0 Å². The van der Waals surface area contributed by atoms with Crippen LogP contribution in [0.5, 0.6) is 0 Å². The number of rotatable bonds is 7. The second kappa shape index (κ2) is 6.87. The number of hydrogen-bond acceptors (Lipinski definition) is 3. The molecule has 0 saturated carbocycles. The largest absolute Gasteiger partial charge is 0.389 e. The quantitative estimate of drug-likeness (QED) is 0.823. The third kappa shape index (κ3) is 4.99. The van der Waals surface area contributed by atoms with Crippen LogP contribution in [0.1, 0.15) is 32.8 Å². The van der Waals surface area contributed by atoms with Crippen LogP contribution in [0, 0.1) is 5.92 Å². The SMILES string of the molecule is CC(C)CC(C)(O)CNCc1cnn(-c2ccccc2)c1. The molecule has 0 spiro atoms. The molecular weight excluding hydrogens is 262 g/mol. The fourth-order valence-corrected chi connectivity index (χ4v) is 2.60. The summed E-state index contributed by atoms with van der Waals surface area (Å²) in [6.45, 7) is 7.42. The molecule has 1 heterocycles. The maximum atomic E-state index is 10.3. The van der Waals surface area contributed by atoms with E-state index in [1.165, 1.54) is 0 Å². The number of aromatic nitrogens is 2. The Morgan fingerprint density at radius 3 is 2.67 bits per heavy atom. The molecule has 0 radical (unpaired) electrons. The average Bonchev–Trinajstić information content (AvgIpc) is 2.87. The second-order valence-corrected chi connectivity index (χ2v) is 6.33. The predicted molar refractivity (Wildman–Crippen MR) is 85.3 cm³/mol. The molecule has 1 aromatic carbocycles. The molecule has 0 aliphatic rings. The standard InChI is InChI=1S/C17H25N3O/c1-14(2)9-17(3,21)13-18-10-15-11-19-20(12-15)16-7-5-4-6-8-16/h4-8,11-12,14,18,21H,9-10,13H2,1-3H3. The van der Waals surface area contributed by atoms with Gasteiger partial charge in [0, 0.05) is 24.8 Å². The maximum Gasteiger partial charge on any atom is 0.0746 e. The number of para-hydroxylation sites is 1. The second-order valence-electron chi connectivity index (χ2n) is 6.33. The first-order valence-corrected chi connectivity index (χ1v) is 7.48.